The fourth-order valence-corrected chi connectivity index (χ4v) is 3.41. The molecule has 118 valence electrons. The number of rotatable bonds is 7. The third-order valence-electron chi connectivity index (χ3n) is 5.00. The van der Waals surface area contributed by atoms with Gasteiger partial charge in [0.2, 0.25) is 0 Å². The highest BCUT2D eigenvalue weighted by atomic mass is 16.5. The van der Waals surface area contributed by atoms with Crippen molar-refractivity contribution in [3.05, 3.63) is 0 Å². The van der Waals surface area contributed by atoms with E-state index in [-0.39, 0.29) is 5.60 Å². The molecule has 0 spiro atoms. The predicted molar refractivity (Wildman–Crippen MR) is 83.1 cm³/mol. The molecule has 2 aliphatic rings. The molecule has 3 heteroatoms. The summed E-state index contributed by atoms with van der Waals surface area (Å²) in [5, 5.41) is 3.69. The van der Waals surface area contributed by atoms with Gasteiger partial charge in [-0.3, -0.25) is 0 Å². The Morgan fingerprint density at radius 1 is 1.20 bits per heavy atom. The van der Waals surface area contributed by atoms with Gasteiger partial charge in [-0.25, -0.2) is 0 Å². The van der Waals surface area contributed by atoms with Crippen molar-refractivity contribution in [1.82, 2.24) is 5.32 Å². The second kappa shape index (κ2) is 8.35. The van der Waals surface area contributed by atoms with Crippen molar-refractivity contribution >= 4 is 0 Å². The number of hydrogen-bond donors (Lipinski definition) is 1. The third kappa shape index (κ3) is 5.34. The van der Waals surface area contributed by atoms with Gasteiger partial charge in [0.15, 0.2) is 0 Å². The number of ether oxygens (including phenoxy) is 2. The van der Waals surface area contributed by atoms with E-state index in [4.69, 9.17) is 9.47 Å². The van der Waals surface area contributed by atoms with Crippen molar-refractivity contribution in [2.75, 3.05) is 19.8 Å². The summed E-state index contributed by atoms with van der Waals surface area (Å²) in [6.07, 6.45) is 11.8. The summed E-state index contributed by atoms with van der Waals surface area (Å²) < 4.78 is 11.9. The average molecular weight is 283 g/mol. The molecule has 1 saturated heterocycles. The minimum Gasteiger partial charge on any atom is -0.378 e. The molecule has 1 N–H and O–H groups in total. The van der Waals surface area contributed by atoms with Gasteiger partial charge < -0.3 is 14.8 Å². The Bertz CT molecular complexity index is 266. The Kier molecular flexibility index (Phi) is 6.79. The van der Waals surface area contributed by atoms with Gasteiger partial charge in [-0.1, -0.05) is 26.2 Å². The first-order valence-electron chi connectivity index (χ1n) is 8.71. The van der Waals surface area contributed by atoms with Gasteiger partial charge in [0.05, 0.1) is 11.7 Å². The van der Waals surface area contributed by atoms with Crippen molar-refractivity contribution in [2.45, 2.75) is 89.4 Å². The molecule has 0 aromatic heterocycles. The summed E-state index contributed by atoms with van der Waals surface area (Å²) in [6, 6.07) is 0.628. The van der Waals surface area contributed by atoms with Crippen LogP contribution in [0.2, 0.25) is 0 Å². The van der Waals surface area contributed by atoms with Gasteiger partial charge in [0.1, 0.15) is 0 Å². The van der Waals surface area contributed by atoms with E-state index in [0.717, 1.165) is 45.4 Å². The van der Waals surface area contributed by atoms with Crippen molar-refractivity contribution in [1.29, 1.82) is 0 Å². The van der Waals surface area contributed by atoms with Crippen LogP contribution in [0.4, 0.5) is 0 Å². The van der Waals surface area contributed by atoms with Crippen LogP contribution in [0.15, 0.2) is 0 Å². The van der Waals surface area contributed by atoms with Crippen molar-refractivity contribution in [3.63, 3.8) is 0 Å². The van der Waals surface area contributed by atoms with Crippen molar-refractivity contribution < 1.29 is 9.47 Å². The highest BCUT2D eigenvalue weighted by Gasteiger charge is 2.31. The van der Waals surface area contributed by atoms with Gasteiger partial charge in [-0.15, -0.1) is 0 Å². The lowest BCUT2D eigenvalue weighted by molar-refractivity contribution is -0.0780. The van der Waals surface area contributed by atoms with E-state index in [2.05, 4.69) is 19.2 Å². The first-order valence-corrected chi connectivity index (χ1v) is 8.71. The molecule has 1 heterocycles. The Balaban J connectivity index is 1.52. The maximum absolute atomic E-state index is 5.97. The molecule has 0 aromatic carbocycles. The number of hydrogen-bond acceptors (Lipinski definition) is 3. The molecule has 3 nitrogen and oxygen atoms in total. The zero-order valence-corrected chi connectivity index (χ0v) is 13.5. The Morgan fingerprint density at radius 3 is 2.75 bits per heavy atom. The van der Waals surface area contributed by atoms with E-state index in [0.29, 0.717) is 12.1 Å². The van der Waals surface area contributed by atoms with Gasteiger partial charge in [0, 0.05) is 19.3 Å². The van der Waals surface area contributed by atoms with E-state index in [9.17, 15) is 0 Å². The first kappa shape index (κ1) is 16.3. The highest BCUT2D eigenvalue weighted by Crippen LogP contribution is 2.27. The quantitative estimate of drug-likeness (QED) is 0.723. The largest absolute Gasteiger partial charge is 0.378 e. The molecule has 0 bridgehead atoms. The summed E-state index contributed by atoms with van der Waals surface area (Å²) in [5.41, 5.74) is 0.0918. The zero-order chi connectivity index (χ0) is 14.3. The fourth-order valence-electron chi connectivity index (χ4n) is 3.41. The van der Waals surface area contributed by atoms with Crippen LogP contribution in [0, 0.1) is 0 Å². The van der Waals surface area contributed by atoms with Crippen LogP contribution >= 0.6 is 0 Å². The summed E-state index contributed by atoms with van der Waals surface area (Å²) in [6.45, 7) is 7.37. The second-order valence-electron chi connectivity index (χ2n) is 6.78. The minimum atomic E-state index is 0.0918. The van der Waals surface area contributed by atoms with Crippen LogP contribution in [0.5, 0.6) is 0 Å². The third-order valence-corrected chi connectivity index (χ3v) is 5.00. The molecular formula is C17H33NO2. The molecule has 0 amide bonds. The fraction of sp³-hybridized carbons (Fsp3) is 1.00. The van der Waals surface area contributed by atoms with Gasteiger partial charge in [-0.05, 0) is 52.0 Å². The maximum atomic E-state index is 5.97. The second-order valence-corrected chi connectivity index (χ2v) is 6.78. The lowest BCUT2D eigenvalue weighted by Crippen LogP contribution is -2.45. The Hall–Kier alpha value is -0.120. The molecule has 1 aliphatic carbocycles. The first-order chi connectivity index (χ1) is 9.72. The van der Waals surface area contributed by atoms with Crippen molar-refractivity contribution in [3.8, 4) is 0 Å². The van der Waals surface area contributed by atoms with E-state index >= 15 is 0 Å². The molecule has 2 rings (SSSR count). The summed E-state index contributed by atoms with van der Waals surface area (Å²) in [4.78, 5) is 0. The summed E-state index contributed by atoms with van der Waals surface area (Å²) in [7, 11) is 0. The maximum Gasteiger partial charge on any atom is 0.0666 e. The lowest BCUT2D eigenvalue weighted by atomic mass is 9.90. The SMILES string of the molecule is CCC1(C)CC(NCCCOC2CCCCC2)CCO1. The van der Waals surface area contributed by atoms with Crippen LogP contribution in [0.1, 0.15) is 71.6 Å². The van der Waals surface area contributed by atoms with Crippen LogP contribution in [-0.2, 0) is 9.47 Å². The van der Waals surface area contributed by atoms with Crippen LogP contribution in [0.25, 0.3) is 0 Å². The molecule has 1 aliphatic heterocycles. The molecular weight excluding hydrogens is 250 g/mol. The van der Waals surface area contributed by atoms with Crippen LogP contribution in [-0.4, -0.2) is 37.5 Å². The normalized spacial score (nSPS) is 32.4. The standard InChI is InChI=1S/C17H33NO2/c1-3-17(2)14-15(10-13-20-17)18-11-7-12-19-16-8-5-4-6-9-16/h15-16,18H,3-14H2,1-2H3. The Morgan fingerprint density at radius 2 is 2.00 bits per heavy atom. The topological polar surface area (TPSA) is 30.5 Å². The average Bonchev–Trinajstić information content (AvgIpc) is 2.48. The summed E-state index contributed by atoms with van der Waals surface area (Å²) in [5.74, 6) is 0. The minimum absolute atomic E-state index is 0.0918. The molecule has 20 heavy (non-hydrogen) atoms. The predicted octanol–water partition coefficient (Wildman–Crippen LogP) is 3.66. The highest BCUT2D eigenvalue weighted by molar-refractivity contribution is 4.85. The molecule has 2 fully saturated rings. The van der Waals surface area contributed by atoms with E-state index in [1.807, 2.05) is 0 Å². The molecule has 2 atom stereocenters. The summed E-state index contributed by atoms with van der Waals surface area (Å²) >= 11 is 0. The van der Waals surface area contributed by atoms with Gasteiger partial charge >= 0.3 is 0 Å². The molecule has 0 radical (unpaired) electrons. The molecule has 1 saturated carbocycles. The lowest BCUT2D eigenvalue weighted by Gasteiger charge is -2.38. The smallest absolute Gasteiger partial charge is 0.0666 e. The van der Waals surface area contributed by atoms with Crippen LogP contribution in [0.3, 0.4) is 0 Å². The monoisotopic (exact) mass is 283 g/mol. The molecule has 0 aromatic rings. The van der Waals surface area contributed by atoms with Crippen molar-refractivity contribution in [2.24, 2.45) is 0 Å². The molecule has 2 unspecified atom stereocenters. The van der Waals surface area contributed by atoms with Crippen LogP contribution < -0.4 is 5.32 Å². The van der Waals surface area contributed by atoms with Gasteiger partial charge in [-0.2, -0.15) is 0 Å². The number of nitrogens with one attached hydrogen (secondary N) is 1. The van der Waals surface area contributed by atoms with E-state index in [1.54, 1.807) is 0 Å². The Labute approximate surface area is 124 Å². The van der Waals surface area contributed by atoms with E-state index < -0.39 is 0 Å². The zero-order valence-electron chi connectivity index (χ0n) is 13.5. The van der Waals surface area contributed by atoms with Gasteiger partial charge in [0.25, 0.3) is 0 Å². The van der Waals surface area contributed by atoms with E-state index in [1.165, 1.54) is 32.1 Å².